The second kappa shape index (κ2) is 6.59. The van der Waals surface area contributed by atoms with Gasteiger partial charge in [0.25, 0.3) is 0 Å². The first-order chi connectivity index (χ1) is 11.7. The van der Waals surface area contributed by atoms with Crippen LogP contribution in [0.5, 0.6) is 0 Å². The van der Waals surface area contributed by atoms with Crippen molar-refractivity contribution in [2.24, 2.45) is 0 Å². The number of hydrogen-bond donors (Lipinski definition) is 0. The number of fused-ring (bicyclic) bond motifs is 1. The summed E-state index contributed by atoms with van der Waals surface area (Å²) >= 11 is 11.4. The molecular formula is C15H9Cl2F3N2O2S. The summed E-state index contributed by atoms with van der Waals surface area (Å²) in [5, 5.41) is -0.167. The third-order valence-corrected chi connectivity index (χ3v) is 5.37. The molecule has 25 heavy (non-hydrogen) atoms. The van der Waals surface area contributed by atoms with Crippen LogP contribution in [0.25, 0.3) is 0 Å². The number of anilines is 1. The van der Waals surface area contributed by atoms with E-state index in [0.29, 0.717) is 0 Å². The first-order valence-corrected chi connectivity index (χ1v) is 8.94. The Bertz CT molecular complexity index is 890. The summed E-state index contributed by atoms with van der Waals surface area (Å²) in [4.78, 5) is 17.7. The van der Waals surface area contributed by atoms with Crippen LogP contribution in [0.2, 0.25) is 10.0 Å². The van der Waals surface area contributed by atoms with Gasteiger partial charge in [-0.2, -0.15) is 13.2 Å². The van der Waals surface area contributed by atoms with Crippen molar-refractivity contribution in [1.29, 1.82) is 0 Å². The summed E-state index contributed by atoms with van der Waals surface area (Å²) < 4.78 is 51.0. The van der Waals surface area contributed by atoms with Crippen LogP contribution in [0, 0.1) is 0 Å². The predicted octanol–water partition coefficient (Wildman–Crippen LogP) is 4.06. The van der Waals surface area contributed by atoms with E-state index in [9.17, 15) is 22.2 Å². The van der Waals surface area contributed by atoms with Crippen LogP contribution in [0.15, 0.2) is 35.4 Å². The molecule has 0 bridgehead atoms. The van der Waals surface area contributed by atoms with Crippen LogP contribution in [-0.4, -0.2) is 20.9 Å². The van der Waals surface area contributed by atoms with E-state index in [1.165, 1.54) is 23.2 Å². The highest BCUT2D eigenvalue weighted by Crippen LogP contribution is 2.36. The molecule has 1 atom stereocenters. The van der Waals surface area contributed by atoms with E-state index in [1.54, 1.807) is 0 Å². The van der Waals surface area contributed by atoms with Gasteiger partial charge in [0, 0.05) is 6.20 Å². The fourth-order valence-electron chi connectivity index (χ4n) is 2.40. The van der Waals surface area contributed by atoms with E-state index < -0.39 is 33.5 Å². The molecule has 2 aromatic rings. The van der Waals surface area contributed by atoms with Crippen molar-refractivity contribution in [2.75, 3.05) is 10.7 Å². The summed E-state index contributed by atoms with van der Waals surface area (Å²) in [6.07, 6.45) is -3.32. The number of carbonyl (C=O) groups is 1. The molecule has 1 aromatic heterocycles. The van der Waals surface area contributed by atoms with Gasteiger partial charge in [-0.05, 0) is 23.8 Å². The number of alkyl halides is 3. The van der Waals surface area contributed by atoms with E-state index in [4.69, 9.17) is 23.2 Å². The average molecular weight is 409 g/mol. The molecule has 0 saturated heterocycles. The summed E-state index contributed by atoms with van der Waals surface area (Å²) in [5.41, 5.74) is -0.760. The van der Waals surface area contributed by atoms with Gasteiger partial charge in [0.05, 0.1) is 37.8 Å². The average Bonchev–Trinajstić information content (AvgIpc) is 2.52. The number of benzene rings is 1. The molecule has 0 radical (unpaired) electrons. The number of halogens is 5. The molecular weight excluding hydrogens is 400 g/mol. The van der Waals surface area contributed by atoms with Crippen molar-refractivity contribution in [3.8, 4) is 0 Å². The van der Waals surface area contributed by atoms with E-state index >= 15 is 0 Å². The Morgan fingerprint density at radius 2 is 1.96 bits per heavy atom. The molecule has 132 valence electrons. The van der Waals surface area contributed by atoms with Crippen LogP contribution in [0.1, 0.15) is 11.1 Å². The lowest BCUT2D eigenvalue weighted by molar-refractivity contribution is -0.137. The Balaban J connectivity index is 2.00. The monoisotopic (exact) mass is 408 g/mol. The van der Waals surface area contributed by atoms with Crippen LogP contribution < -0.4 is 4.90 Å². The van der Waals surface area contributed by atoms with E-state index in [1.807, 2.05) is 0 Å². The molecule has 0 spiro atoms. The quantitative estimate of drug-likeness (QED) is 0.752. The smallest absolute Gasteiger partial charge is 0.291 e. The number of carbonyl (C=O) groups excluding carboxylic acids is 1. The summed E-state index contributed by atoms with van der Waals surface area (Å²) in [5.74, 6) is -0.652. The number of amides is 1. The van der Waals surface area contributed by atoms with E-state index in [0.717, 1.165) is 12.1 Å². The predicted molar refractivity (Wildman–Crippen MR) is 88.2 cm³/mol. The van der Waals surface area contributed by atoms with Gasteiger partial charge in [-0.3, -0.25) is 13.9 Å². The Morgan fingerprint density at radius 1 is 1.24 bits per heavy atom. The van der Waals surface area contributed by atoms with Crippen molar-refractivity contribution >= 4 is 45.7 Å². The first-order valence-electron chi connectivity index (χ1n) is 6.86. The maximum Gasteiger partial charge on any atom is 0.417 e. The molecule has 10 heteroatoms. The van der Waals surface area contributed by atoms with Crippen molar-refractivity contribution in [2.45, 2.75) is 17.6 Å². The normalized spacial score (nSPS) is 17.6. The Morgan fingerprint density at radius 3 is 2.64 bits per heavy atom. The van der Waals surface area contributed by atoms with Crippen LogP contribution >= 0.6 is 23.2 Å². The maximum atomic E-state index is 13.0. The lowest BCUT2D eigenvalue weighted by Gasteiger charge is -2.28. The molecule has 1 aliphatic heterocycles. The minimum Gasteiger partial charge on any atom is -0.291 e. The van der Waals surface area contributed by atoms with Crippen LogP contribution in [0.4, 0.5) is 19.0 Å². The van der Waals surface area contributed by atoms with Gasteiger partial charge < -0.3 is 0 Å². The maximum absolute atomic E-state index is 13.0. The van der Waals surface area contributed by atoms with Crippen LogP contribution in [0.3, 0.4) is 0 Å². The summed E-state index contributed by atoms with van der Waals surface area (Å²) in [6.45, 7) is -0.155. The molecule has 0 saturated carbocycles. The van der Waals surface area contributed by atoms with E-state index in [-0.39, 0.29) is 33.6 Å². The zero-order valence-electron chi connectivity index (χ0n) is 12.3. The third kappa shape index (κ3) is 3.65. The number of pyridine rings is 1. The third-order valence-electron chi connectivity index (χ3n) is 3.53. The molecule has 0 fully saturated rings. The lowest BCUT2D eigenvalue weighted by atomic mass is 10.1. The topological polar surface area (TPSA) is 50.3 Å². The molecule has 4 nitrogen and oxygen atoms in total. The van der Waals surface area contributed by atoms with Gasteiger partial charge >= 0.3 is 6.18 Å². The SMILES string of the molecule is O=C1CS(=O)c2cc(Cl)cnc2N1Cc1ccc(Cl)c(C(F)(F)F)c1. The highest BCUT2D eigenvalue weighted by atomic mass is 35.5. The van der Waals surface area contributed by atoms with E-state index in [2.05, 4.69) is 4.98 Å². The van der Waals surface area contributed by atoms with Gasteiger partial charge in [0.1, 0.15) is 5.75 Å². The summed E-state index contributed by atoms with van der Waals surface area (Å²) in [7, 11) is -1.60. The standard InChI is InChI=1S/C15H9Cl2F3N2O2S/c16-9-4-12-14(21-5-9)22(13(23)7-25(12)24)6-8-1-2-11(17)10(3-8)15(18,19)20/h1-5H,6-7H2. The fourth-order valence-corrected chi connectivity index (χ4v) is 4.01. The minimum atomic E-state index is -4.61. The van der Waals surface area contributed by atoms with Gasteiger partial charge in [-0.15, -0.1) is 0 Å². The van der Waals surface area contributed by atoms with Gasteiger partial charge in [0.2, 0.25) is 5.91 Å². The van der Waals surface area contributed by atoms with Gasteiger partial charge in [-0.25, -0.2) is 4.98 Å². The number of rotatable bonds is 2. The van der Waals surface area contributed by atoms with Crippen molar-refractivity contribution in [3.05, 3.63) is 51.6 Å². The number of hydrogen-bond acceptors (Lipinski definition) is 3. The molecule has 1 amide bonds. The second-order valence-corrected chi connectivity index (χ2v) is 7.52. The minimum absolute atomic E-state index is 0.127. The van der Waals surface area contributed by atoms with Gasteiger partial charge in [-0.1, -0.05) is 29.3 Å². The Kier molecular flexibility index (Phi) is 4.78. The zero-order chi connectivity index (χ0) is 18.4. The molecule has 1 aliphatic rings. The Hall–Kier alpha value is -1.64. The molecule has 1 aromatic carbocycles. The largest absolute Gasteiger partial charge is 0.417 e. The first kappa shape index (κ1) is 18.2. The highest BCUT2D eigenvalue weighted by Gasteiger charge is 2.34. The van der Waals surface area contributed by atoms with Crippen molar-refractivity contribution in [3.63, 3.8) is 0 Å². The molecule has 3 rings (SSSR count). The Labute approximate surface area is 153 Å². The lowest BCUT2D eigenvalue weighted by Crippen LogP contribution is -2.39. The van der Waals surface area contributed by atoms with Crippen molar-refractivity contribution < 1.29 is 22.2 Å². The molecule has 0 aliphatic carbocycles. The zero-order valence-corrected chi connectivity index (χ0v) is 14.6. The number of nitrogens with zero attached hydrogens (tertiary/aromatic N) is 2. The molecule has 0 N–H and O–H groups in total. The summed E-state index contributed by atoms with van der Waals surface area (Å²) in [6, 6.07) is 4.84. The molecule has 1 unspecified atom stereocenters. The highest BCUT2D eigenvalue weighted by molar-refractivity contribution is 7.86. The van der Waals surface area contributed by atoms with Crippen LogP contribution in [-0.2, 0) is 28.3 Å². The second-order valence-electron chi connectivity index (χ2n) is 5.26. The fraction of sp³-hybridized carbons (Fsp3) is 0.200. The van der Waals surface area contributed by atoms with Crippen molar-refractivity contribution in [1.82, 2.24) is 4.98 Å². The van der Waals surface area contributed by atoms with Gasteiger partial charge in [0.15, 0.2) is 5.82 Å². The number of aromatic nitrogens is 1. The molecule has 2 heterocycles.